The molecule has 1 aromatic carbocycles. The van der Waals surface area contributed by atoms with E-state index < -0.39 is 0 Å². The zero-order chi connectivity index (χ0) is 10.3. The molecule has 0 bridgehead atoms. The number of benzene rings is 1. The molecule has 2 nitrogen and oxygen atoms in total. The van der Waals surface area contributed by atoms with Crippen molar-refractivity contribution in [3.63, 3.8) is 0 Å². The summed E-state index contributed by atoms with van der Waals surface area (Å²) in [5.74, 6) is 0.0636. The lowest BCUT2D eigenvalue weighted by molar-refractivity contribution is 0.0962. The molecule has 0 aliphatic carbocycles. The maximum absolute atomic E-state index is 11.8. The zero-order valence-electron chi connectivity index (χ0n) is 8.04. The SMILES string of the molecule is Cc1c(Br)ccc2c1N=CC(C)C2=O. The molecule has 1 aliphatic heterocycles. The summed E-state index contributed by atoms with van der Waals surface area (Å²) in [6.07, 6.45) is 1.71. The summed E-state index contributed by atoms with van der Waals surface area (Å²) in [5, 5.41) is 0. The van der Waals surface area contributed by atoms with Gasteiger partial charge in [-0.2, -0.15) is 0 Å². The molecule has 1 aliphatic rings. The van der Waals surface area contributed by atoms with Gasteiger partial charge in [0.2, 0.25) is 0 Å². The predicted octanol–water partition coefficient (Wildman–Crippen LogP) is 3.29. The van der Waals surface area contributed by atoms with Gasteiger partial charge in [-0.15, -0.1) is 0 Å². The van der Waals surface area contributed by atoms with Crippen molar-refractivity contribution in [3.05, 3.63) is 27.7 Å². The van der Waals surface area contributed by atoms with Gasteiger partial charge >= 0.3 is 0 Å². The molecule has 3 heteroatoms. The van der Waals surface area contributed by atoms with E-state index in [9.17, 15) is 4.79 Å². The molecule has 0 saturated heterocycles. The summed E-state index contributed by atoms with van der Waals surface area (Å²) in [5.41, 5.74) is 2.57. The van der Waals surface area contributed by atoms with Crippen LogP contribution in [0.1, 0.15) is 22.8 Å². The molecule has 0 saturated carbocycles. The van der Waals surface area contributed by atoms with E-state index in [-0.39, 0.29) is 11.7 Å². The summed E-state index contributed by atoms with van der Waals surface area (Å²) in [6.45, 7) is 3.83. The minimum atomic E-state index is -0.0944. The average molecular weight is 252 g/mol. The number of rotatable bonds is 0. The van der Waals surface area contributed by atoms with Crippen LogP contribution < -0.4 is 0 Å². The number of carbonyl (C=O) groups is 1. The second-order valence-corrected chi connectivity index (χ2v) is 4.35. The highest BCUT2D eigenvalue weighted by Gasteiger charge is 2.22. The van der Waals surface area contributed by atoms with Gasteiger partial charge in [0, 0.05) is 16.3 Å². The van der Waals surface area contributed by atoms with Crippen LogP contribution in [-0.2, 0) is 0 Å². The maximum Gasteiger partial charge on any atom is 0.173 e. The molecule has 14 heavy (non-hydrogen) atoms. The van der Waals surface area contributed by atoms with Gasteiger partial charge in [-0.25, -0.2) is 0 Å². The molecule has 1 aromatic rings. The fourth-order valence-electron chi connectivity index (χ4n) is 1.54. The summed E-state index contributed by atoms with van der Waals surface area (Å²) in [7, 11) is 0. The fourth-order valence-corrected chi connectivity index (χ4v) is 1.86. The van der Waals surface area contributed by atoms with Crippen LogP contribution in [0, 0.1) is 12.8 Å². The van der Waals surface area contributed by atoms with Crippen LogP contribution in [-0.4, -0.2) is 12.0 Å². The Bertz CT molecular complexity index is 437. The number of hydrogen-bond acceptors (Lipinski definition) is 2. The van der Waals surface area contributed by atoms with Gasteiger partial charge < -0.3 is 0 Å². The van der Waals surface area contributed by atoms with E-state index in [1.807, 2.05) is 26.0 Å². The minimum absolute atomic E-state index is 0.0944. The third-order valence-corrected chi connectivity index (χ3v) is 3.33. The van der Waals surface area contributed by atoms with Crippen LogP contribution in [0.25, 0.3) is 0 Å². The third-order valence-electron chi connectivity index (χ3n) is 2.47. The van der Waals surface area contributed by atoms with Gasteiger partial charge in [-0.05, 0) is 24.6 Å². The van der Waals surface area contributed by atoms with Gasteiger partial charge in [0.05, 0.1) is 11.6 Å². The number of ketones is 1. The highest BCUT2D eigenvalue weighted by atomic mass is 79.9. The van der Waals surface area contributed by atoms with Crippen LogP contribution >= 0.6 is 15.9 Å². The first-order chi connectivity index (χ1) is 6.61. The van der Waals surface area contributed by atoms with E-state index in [0.29, 0.717) is 0 Å². The molecule has 1 heterocycles. The molecule has 1 unspecified atom stereocenters. The third kappa shape index (κ3) is 1.32. The smallest absolute Gasteiger partial charge is 0.173 e. The molecular formula is C11H10BrNO. The standard InChI is InChI=1S/C11H10BrNO/c1-6-5-13-10-7(2)9(12)4-3-8(10)11(6)14/h3-6H,1-2H3. The Morgan fingerprint density at radius 3 is 2.86 bits per heavy atom. The van der Waals surface area contributed by atoms with Crippen LogP contribution in [0.15, 0.2) is 21.6 Å². The highest BCUT2D eigenvalue weighted by molar-refractivity contribution is 9.10. The van der Waals surface area contributed by atoms with E-state index in [4.69, 9.17) is 0 Å². The first-order valence-corrected chi connectivity index (χ1v) is 5.28. The minimum Gasteiger partial charge on any atom is -0.293 e. The van der Waals surface area contributed by atoms with Crippen molar-refractivity contribution in [2.45, 2.75) is 13.8 Å². The molecule has 2 rings (SSSR count). The van der Waals surface area contributed by atoms with E-state index >= 15 is 0 Å². The Morgan fingerprint density at radius 1 is 1.43 bits per heavy atom. The number of halogens is 1. The monoisotopic (exact) mass is 251 g/mol. The Balaban J connectivity index is 2.68. The molecule has 0 spiro atoms. The first kappa shape index (κ1) is 9.59. The number of hydrogen-bond donors (Lipinski definition) is 0. The number of aliphatic imine (C=N–C) groups is 1. The van der Waals surface area contributed by atoms with Crippen molar-refractivity contribution < 1.29 is 4.79 Å². The summed E-state index contributed by atoms with van der Waals surface area (Å²) in [6, 6.07) is 3.74. The van der Waals surface area contributed by atoms with Gasteiger partial charge in [0.1, 0.15) is 0 Å². The second kappa shape index (κ2) is 3.31. The molecule has 72 valence electrons. The van der Waals surface area contributed by atoms with Gasteiger partial charge in [0.25, 0.3) is 0 Å². The van der Waals surface area contributed by atoms with Crippen LogP contribution in [0.5, 0.6) is 0 Å². The molecule has 0 aromatic heterocycles. The van der Waals surface area contributed by atoms with Crippen molar-refractivity contribution in [2.75, 3.05) is 0 Å². The average Bonchev–Trinajstić information content (AvgIpc) is 2.17. The molecule has 0 fully saturated rings. The van der Waals surface area contributed by atoms with Gasteiger partial charge in [-0.1, -0.05) is 22.9 Å². The Kier molecular flexibility index (Phi) is 2.27. The lowest BCUT2D eigenvalue weighted by Crippen LogP contribution is -2.16. The molecule has 0 N–H and O–H groups in total. The lowest BCUT2D eigenvalue weighted by Gasteiger charge is -2.16. The number of fused-ring (bicyclic) bond motifs is 1. The van der Waals surface area contributed by atoms with Crippen molar-refractivity contribution in [2.24, 2.45) is 10.9 Å². The molecule has 0 amide bonds. The maximum atomic E-state index is 11.8. The first-order valence-electron chi connectivity index (χ1n) is 4.48. The van der Waals surface area contributed by atoms with Crippen LogP contribution in [0.3, 0.4) is 0 Å². The van der Waals surface area contributed by atoms with E-state index in [1.54, 1.807) is 6.21 Å². The van der Waals surface area contributed by atoms with Crippen LogP contribution in [0.2, 0.25) is 0 Å². The molecular weight excluding hydrogens is 242 g/mol. The zero-order valence-corrected chi connectivity index (χ0v) is 9.63. The Labute approximate surface area is 91.2 Å². The Hall–Kier alpha value is -0.960. The summed E-state index contributed by atoms with van der Waals surface area (Å²) < 4.78 is 0.996. The normalized spacial score (nSPS) is 19.6. The quantitative estimate of drug-likeness (QED) is 0.696. The van der Waals surface area contributed by atoms with Crippen LogP contribution in [0.4, 0.5) is 5.69 Å². The van der Waals surface area contributed by atoms with Crippen molar-refractivity contribution in [1.29, 1.82) is 0 Å². The van der Waals surface area contributed by atoms with Gasteiger partial charge in [-0.3, -0.25) is 9.79 Å². The largest absolute Gasteiger partial charge is 0.293 e. The predicted molar refractivity (Wildman–Crippen MR) is 60.5 cm³/mol. The fraction of sp³-hybridized carbons (Fsp3) is 0.273. The highest BCUT2D eigenvalue weighted by Crippen LogP contribution is 2.33. The molecule has 0 radical (unpaired) electrons. The summed E-state index contributed by atoms with van der Waals surface area (Å²) in [4.78, 5) is 16.1. The number of Topliss-reactive ketones (excluding diaryl/α,β-unsaturated/α-hetero) is 1. The topological polar surface area (TPSA) is 29.4 Å². The van der Waals surface area contributed by atoms with Crippen molar-refractivity contribution in [3.8, 4) is 0 Å². The van der Waals surface area contributed by atoms with Gasteiger partial charge in [0.15, 0.2) is 5.78 Å². The number of carbonyl (C=O) groups excluding carboxylic acids is 1. The lowest BCUT2D eigenvalue weighted by atomic mass is 9.94. The summed E-state index contributed by atoms with van der Waals surface area (Å²) >= 11 is 3.42. The van der Waals surface area contributed by atoms with E-state index in [2.05, 4.69) is 20.9 Å². The second-order valence-electron chi connectivity index (χ2n) is 3.50. The number of nitrogens with zero attached hydrogens (tertiary/aromatic N) is 1. The van der Waals surface area contributed by atoms with Crippen molar-refractivity contribution >= 4 is 33.6 Å². The van der Waals surface area contributed by atoms with E-state index in [1.165, 1.54) is 0 Å². The van der Waals surface area contributed by atoms with Crippen molar-refractivity contribution in [1.82, 2.24) is 0 Å². The Morgan fingerprint density at radius 2 is 2.14 bits per heavy atom. The van der Waals surface area contributed by atoms with E-state index in [0.717, 1.165) is 21.3 Å². The molecule has 1 atom stereocenters.